The van der Waals surface area contributed by atoms with Crippen LogP contribution in [-0.2, 0) is 0 Å². The van der Waals surface area contributed by atoms with E-state index in [-0.39, 0.29) is 0 Å². The summed E-state index contributed by atoms with van der Waals surface area (Å²) in [6, 6.07) is 0. The first-order chi connectivity index (χ1) is 5.52. The number of nitrogens with zero attached hydrogens (tertiary/aromatic N) is 2. The topological polar surface area (TPSA) is 75.7 Å². The summed E-state index contributed by atoms with van der Waals surface area (Å²) in [6.45, 7) is 5.29. The highest BCUT2D eigenvalue weighted by Gasteiger charge is 2.08. The molecule has 0 aliphatic rings. The SMILES string of the molecule is CC(=N)c1c(C)nc(C)nc1N. The number of nitrogens with one attached hydrogen (secondary N) is 1. The summed E-state index contributed by atoms with van der Waals surface area (Å²) >= 11 is 0. The third kappa shape index (κ3) is 1.42. The Kier molecular flexibility index (Phi) is 2.08. The zero-order valence-electron chi connectivity index (χ0n) is 7.47. The molecule has 0 aromatic carbocycles. The van der Waals surface area contributed by atoms with Crippen LogP contribution < -0.4 is 5.73 Å². The molecule has 1 aromatic heterocycles. The van der Waals surface area contributed by atoms with E-state index in [2.05, 4.69) is 9.97 Å². The van der Waals surface area contributed by atoms with Gasteiger partial charge in [0.2, 0.25) is 0 Å². The molecule has 0 radical (unpaired) electrons. The second-order valence-corrected chi connectivity index (χ2v) is 2.74. The van der Waals surface area contributed by atoms with Gasteiger partial charge < -0.3 is 11.1 Å². The Morgan fingerprint density at radius 1 is 1.33 bits per heavy atom. The lowest BCUT2D eigenvalue weighted by Crippen LogP contribution is -2.08. The van der Waals surface area contributed by atoms with Gasteiger partial charge in [0.1, 0.15) is 11.6 Å². The molecule has 12 heavy (non-hydrogen) atoms. The summed E-state index contributed by atoms with van der Waals surface area (Å²) < 4.78 is 0. The molecule has 0 aliphatic carbocycles. The summed E-state index contributed by atoms with van der Waals surface area (Å²) in [4.78, 5) is 8.11. The number of anilines is 1. The Hall–Kier alpha value is -1.45. The van der Waals surface area contributed by atoms with Gasteiger partial charge in [0, 0.05) is 5.71 Å². The Balaban J connectivity index is 3.38. The van der Waals surface area contributed by atoms with Gasteiger partial charge in [-0.25, -0.2) is 9.97 Å². The van der Waals surface area contributed by atoms with E-state index in [0.29, 0.717) is 22.9 Å². The van der Waals surface area contributed by atoms with Crippen LogP contribution in [0.2, 0.25) is 0 Å². The number of rotatable bonds is 1. The van der Waals surface area contributed by atoms with Crippen LogP contribution in [0.15, 0.2) is 0 Å². The van der Waals surface area contributed by atoms with E-state index in [1.807, 2.05) is 6.92 Å². The maximum absolute atomic E-state index is 7.43. The summed E-state index contributed by atoms with van der Waals surface area (Å²) in [5.74, 6) is 1.04. The highest BCUT2D eigenvalue weighted by Crippen LogP contribution is 2.12. The van der Waals surface area contributed by atoms with Gasteiger partial charge in [0.05, 0.1) is 11.3 Å². The fraction of sp³-hybridized carbons (Fsp3) is 0.375. The highest BCUT2D eigenvalue weighted by atomic mass is 14.9. The van der Waals surface area contributed by atoms with Crippen molar-refractivity contribution in [1.29, 1.82) is 5.41 Å². The monoisotopic (exact) mass is 164 g/mol. The quantitative estimate of drug-likeness (QED) is 0.609. The van der Waals surface area contributed by atoms with Gasteiger partial charge in [-0.1, -0.05) is 0 Å². The summed E-state index contributed by atoms with van der Waals surface area (Å²) in [7, 11) is 0. The highest BCUT2D eigenvalue weighted by molar-refractivity contribution is 6.01. The number of aromatic nitrogens is 2. The van der Waals surface area contributed by atoms with E-state index >= 15 is 0 Å². The molecule has 0 fully saturated rings. The van der Waals surface area contributed by atoms with Crippen molar-refractivity contribution in [2.75, 3.05) is 5.73 Å². The number of nitrogens with two attached hydrogens (primary N) is 1. The molecule has 64 valence electrons. The molecule has 4 heteroatoms. The van der Waals surface area contributed by atoms with Crippen molar-refractivity contribution in [1.82, 2.24) is 9.97 Å². The van der Waals surface area contributed by atoms with Gasteiger partial charge >= 0.3 is 0 Å². The third-order valence-corrected chi connectivity index (χ3v) is 1.60. The maximum Gasteiger partial charge on any atom is 0.136 e. The molecule has 1 rings (SSSR count). The molecule has 0 saturated carbocycles. The number of hydrogen-bond donors (Lipinski definition) is 2. The number of hydrogen-bond acceptors (Lipinski definition) is 4. The average Bonchev–Trinajstić information content (AvgIpc) is 1.82. The van der Waals surface area contributed by atoms with Crippen LogP contribution in [0.5, 0.6) is 0 Å². The van der Waals surface area contributed by atoms with Crippen molar-refractivity contribution in [2.45, 2.75) is 20.8 Å². The van der Waals surface area contributed by atoms with Crippen LogP contribution in [0.3, 0.4) is 0 Å². The Morgan fingerprint density at radius 3 is 2.33 bits per heavy atom. The van der Waals surface area contributed by atoms with Crippen LogP contribution in [0.25, 0.3) is 0 Å². The standard InChI is InChI=1S/C8H12N4/c1-4(9)7-5(2)11-6(3)12-8(7)10/h9H,1-3H3,(H2,10,11,12). The van der Waals surface area contributed by atoms with Gasteiger partial charge in [-0.2, -0.15) is 0 Å². The minimum Gasteiger partial charge on any atom is -0.383 e. The van der Waals surface area contributed by atoms with E-state index in [4.69, 9.17) is 11.1 Å². The van der Waals surface area contributed by atoms with Crippen LogP contribution in [0, 0.1) is 19.3 Å². The molecule has 1 heterocycles. The number of nitrogen functional groups attached to an aromatic ring is 1. The van der Waals surface area contributed by atoms with E-state index in [1.165, 1.54) is 0 Å². The number of aryl methyl sites for hydroxylation is 2. The summed E-state index contributed by atoms with van der Waals surface area (Å²) in [5.41, 5.74) is 7.46. The minimum absolute atomic E-state index is 0.396. The zero-order chi connectivity index (χ0) is 9.30. The van der Waals surface area contributed by atoms with E-state index in [9.17, 15) is 0 Å². The molecule has 3 N–H and O–H groups in total. The molecule has 0 spiro atoms. The summed E-state index contributed by atoms with van der Waals surface area (Å²) in [5, 5.41) is 7.43. The second kappa shape index (κ2) is 2.89. The summed E-state index contributed by atoms with van der Waals surface area (Å²) in [6.07, 6.45) is 0. The lowest BCUT2D eigenvalue weighted by Gasteiger charge is -2.06. The fourth-order valence-corrected chi connectivity index (χ4v) is 1.20. The van der Waals surface area contributed by atoms with Crippen LogP contribution >= 0.6 is 0 Å². The first-order valence-corrected chi connectivity index (χ1v) is 3.68. The van der Waals surface area contributed by atoms with Gasteiger partial charge in [-0.05, 0) is 20.8 Å². The maximum atomic E-state index is 7.43. The fourth-order valence-electron chi connectivity index (χ4n) is 1.20. The van der Waals surface area contributed by atoms with Gasteiger partial charge in [-0.3, -0.25) is 0 Å². The normalized spacial score (nSPS) is 9.92. The molecule has 4 nitrogen and oxygen atoms in total. The van der Waals surface area contributed by atoms with Crippen molar-refractivity contribution < 1.29 is 0 Å². The van der Waals surface area contributed by atoms with Crippen molar-refractivity contribution in [2.24, 2.45) is 0 Å². The molecule has 0 unspecified atom stereocenters. The lowest BCUT2D eigenvalue weighted by molar-refractivity contribution is 1.01. The first kappa shape index (κ1) is 8.64. The predicted molar refractivity (Wildman–Crippen MR) is 48.4 cm³/mol. The lowest BCUT2D eigenvalue weighted by atomic mass is 10.1. The second-order valence-electron chi connectivity index (χ2n) is 2.74. The van der Waals surface area contributed by atoms with E-state index < -0.39 is 0 Å². The van der Waals surface area contributed by atoms with Crippen molar-refractivity contribution in [3.05, 3.63) is 17.1 Å². The predicted octanol–water partition coefficient (Wildman–Crippen LogP) is 1.06. The molecular formula is C8H12N4. The minimum atomic E-state index is 0.396. The van der Waals surface area contributed by atoms with Crippen molar-refractivity contribution in [3.8, 4) is 0 Å². The molecule has 1 aromatic rings. The van der Waals surface area contributed by atoms with E-state index in [1.54, 1.807) is 13.8 Å². The van der Waals surface area contributed by atoms with Gasteiger partial charge in [0.15, 0.2) is 0 Å². The zero-order valence-corrected chi connectivity index (χ0v) is 7.47. The molecule has 0 bridgehead atoms. The molecule has 0 atom stereocenters. The molecule has 0 saturated heterocycles. The van der Waals surface area contributed by atoms with Crippen LogP contribution in [-0.4, -0.2) is 15.7 Å². The molecular weight excluding hydrogens is 152 g/mol. The van der Waals surface area contributed by atoms with Crippen LogP contribution in [0.1, 0.15) is 24.0 Å². The Bertz CT molecular complexity index is 307. The largest absolute Gasteiger partial charge is 0.383 e. The average molecular weight is 164 g/mol. The van der Waals surface area contributed by atoms with Crippen LogP contribution in [0.4, 0.5) is 5.82 Å². The van der Waals surface area contributed by atoms with E-state index in [0.717, 1.165) is 5.69 Å². The third-order valence-electron chi connectivity index (χ3n) is 1.60. The van der Waals surface area contributed by atoms with Gasteiger partial charge in [0.25, 0.3) is 0 Å². The van der Waals surface area contributed by atoms with Crippen molar-refractivity contribution >= 4 is 11.5 Å². The Morgan fingerprint density at radius 2 is 1.92 bits per heavy atom. The van der Waals surface area contributed by atoms with Gasteiger partial charge in [-0.15, -0.1) is 0 Å². The molecule has 0 aliphatic heterocycles. The first-order valence-electron chi connectivity index (χ1n) is 3.68. The van der Waals surface area contributed by atoms with Crippen molar-refractivity contribution in [3.63, 3.8) is 0 Å². The molecule has 0 amide bonds. The smallest absolute Gasteiger partial charge is 0.136 e. The Labute approximate surface area is 71.4 Å².